The summed E-state index contributed by atoms with van der Waals surface area (Å²) in [5, 5.41) is 9.48. The first-order valence-electron chi connectivity index (χ1n) is 8.36. The maximum atomic E-state index is 13.0. The van der Waals surface area contributed by atoms with Crippen molar-refractivity contribution in [2.45, 2.75) is 38.6 Å². The normalized spacial score (nSPS) is 24.3. The van der Waals surface area contributed by atoms with E-state index >= 15 is 0 Å². The number of anilines is 1. The predicted molar refractivity (Wildman–Crippen MR) is 86.0 cm³/mol. The molecule has 2 fully saturated rings. The van der Waals surface area contributed by atoms with Gasteiger partial charge in [-0.2, -0.15) is 0 Å². The fourth-order valence-electron chi connectivity index (χ4n) is 4.04. The number of halogens is 1. The molecule has 0 saturated carbocycles. The van der Waals surface area contributed by atoms with Crippen molar-refractivity contribution in [3.8, 4) is 0 Å². The van der Waals surface area contributed by atoms with Gasteiger partial charge in [-0.15, -0.1) is 0 Å². The summed E-state index contributed by atoms with van der Waals surface area (Å²) in [5.41, 5.74) is 0.106. The average molecular weight is 321 g/mol. The van der Waals surface area contributed by atoms with Gasteiger partial charge in [-0.05, 0) is 49.8 Å². The van der Waals surface area contributed by atoms with Crippen LogP contribution in [0.25, 0.3) is 0 Å². The van der Waals surface area contributed by atoms with Crippen LogP contribution in [0.15, 0.2) is 18.3 Å². The molecule has 0 aromatic carbocycles. The Balaban J connectivity index is 1.66. The number of nitrogens with zero attached hydrogens (tertiary/aromatic N) is 3. The molecule has 1 aromatic rings. The molecule has 126 valence electrons. The summed E-state index contributed by atoms with van der Waals surface area (Å²) < 4.78 is 13.0. The van der Waals surface area contributed by atoms with Gasteiger partial charge in [0.05, 0.1) is 6.20 Å². The zero-order chi connectivity index (χ0) is 16.4. The highest BCUT2D eigenvalue weighted by Crippen LogP contribution is 2.44. The molecule has 3 rings (SSSR count). The van der Waals surface area contributed by atoms with Crippen LogP contribution in [-0.2, 0) is 4.79 Å². The molecule has 3 heterocycles. The molecule has 1 N–H and O–H groups in total. The summed E-state index contributed by atoms with van der Waals surface area (Å²) in [5.74, 6) is -0.213. The maximum Gasteiger partial charge on any atom is 0.320 e. The topological polar surface area (TPSA) is 56.7 Å². The van der Waals surface area contributed by atoms with E-state index in [-0.39, 0.29) is 17.3 Å². The molecule has 1 aromatic heterocycles. The van der Waals surface area contributed by atoms with Gasteiger partial charge in [-0.25, -0.2) is 9.37 Å². The Kier molecular flexibility index (Phi) is 4.53. The fraction of sp³-hybridized carbons (Fsp3) is 0.647. The number of hydrogen-bond donors (Lipinski definition) is 1. The summed E-state index contributed by atoms with van der Waals surface area (Å²) >= 11 is 0. The van der Waals surface area contributed by atoms with Crippen LogP contribution in [0, 0.1) is 11.2 Å². The van der Waals surface area contributed by atoms with Crippen molar-refractivity contribution in [2.24, 2.45) is 5.41 Å². The first-order valence-corrected chi connectivity index (χ1v) is 8.36. The maximum absolute atomic E-state index is 13.0. The number of aromatic nitrogens is 1. The molecule has 0 amide bonds. The third-order valence-corrected chi connectivity index (χ3v) is 5.26. The lowest BCUT2D eigenvalue weighted by molar-refractivity contribution is -0.142. The van der Waals surface area contributed by atoms with Crippen LogP contribution in [0.2, 0.25) is 0 Å². The van der Waals surface area contributed by atoms with E-state index in [0.717, 1.165) is 57.7 Å². The first kappa shape index (κ1) is 16.2. The second kappa shape index (κ2) is 6.43. The quantitative estimate of drug-likeness (QED) is 0.923. The SMILES string of the molecule is CCCN1CC2(CCN(c3ccc(F)cn3)CC2)CC1C(=O)O. The highest BCUT2D eigenvalue weighted by atomic mass is 19.1. The highest BCUT2D eigenvalue weighted by Gasteiger charge is 2.47. The van der Waals surface area contributed by atoms with Crippen molar-refractivity contribution in [1.29, 1.82) is 0 Å². The van der Waals surface area contributed by atoms with E-state index < -0.39 is 5.97 Å². The van der Waals surface area contributed by atoms with E-state index in [0.29, 0.717) is 0 Å². The van der Waals surface area contributed by atoms with Gasteiger partial charge in [0.15, 0.2) is 0 Å². The molecule has 2 aliphatic rings. The fourth-order valence-corrected chi connectivity index (χ4v) is 4.04. The Bertz CT molecular complexity index is 555. The van der Waals surface area contributed by atoms with Crippen molar-refractivity contribution in [2.75, 3.05) is 31.1 Å². The standard InChI is InChI=1S/C17H24FN3O2/c1-2-7-21-12-17(10-14(21)16(22)23)5-8-20(9-6-17)15-4-3-13(18)11-19-15/h3-4,11,14H,2,5-10,12H2,1H3,(H,22,23). The molecule has 6 heteroatoms. The van der Waals surface area contributed by atoms with Gasteiger partial charge in [0.2, 0.25) is 0 Å². The largest absolute Gasteiger partial charge is 0.480 e. The lowest BCUT2D eigenvalue weighted by atomic mass is 9.76. The van der Waals surface area contributed by atoms with Crippen LogP contribution in [-0.4, -0.2) is 53.2 Å². The lowest BCUT2D eigenvalue weighted by Crippen LogP contribution is -2.42. The number of carboxylic acid groups (broad SMARTS) is 1. The molecule has 1 unspecified atom stereocenters. The van der Waals surface area contributed by atoms with Gasteiger partial charge in [-0.1, -0.05) is 6.92 Å². The summed E-state index contributed by atoms with van der Waals surface area (Å²) in [6.07, 6.45) is 4.91. The minimum Gasteiger partial charge on any atom is -0.480 e. The molecule has 2 saturated heterocycles. The number of likely N-dealkylation sites (tertiary alicyclic amines) is 1. The van der Waals surface area contributed by atoms with E-state index in [4.69, 9.17) is 0 Å². The Hall–Kier alpha value is -1.69. The highest BCUT2D eigenvalue weighted by molar-refractivity contribution is 5.74. The number of carboxylic acids is 1. The number of pyridine rings is 1. The van der Waals surface area contributed by atoms with Crippen molar-refractivity contribution in [3.63, 3.8) is 0 Å². The van der Waals surface area contributed by atoms with E-state index in [9.17, 15) is 14.3 Å². The molecule has 1 spiro atoms. The van der Waals surface area contributed by atoms with Crippen LogP contribution < -0.4 is 4.90 Å². The van der Waals surface area contributed by atoms with Gasteiger partial charge >= 0.3 is 5.97 Å². The Morgan fingerprint density at radius 3 is 2.74 bits per heavy atom. The summed E-state index contributed by atoms with van der Waals surface area (Å²) in [6, 6.07) is 2.81. The van der Waals surface area contributed by atoms with E-state index in [2.05, 4.69) is 21.7 Å². The Labute approximate surface area is 136 Å². The minimum absolute atomic E-state index is 0.106. The number of carbonyl (C=O) groups is 1. The van der Waals surface area contributed by atoms with E-state index in [1.165, 1.54) is 12.3 Å². The van der Waals surface area contributed by atoms with Crippen LogP contribution in [0.5, 0.6) is 0 Å². The number of rotatable bonds is 4. The second-order valence-corrected chi connectivity index (χ2v) is 6.85. The van der Waals surface area contributed by atoms with Crippen molar-refractivity contribution >= 4 is 11.8 Å². The van der Waals surface area contributed by atoms with Crippen LogP contribution in [0.4, 0.5) is 10.2 Å². The lowest BCUT2D eigenvalue weighted by Gasteiger charge is -2.39. The molecule has 0 radical (unpaired) electrons. The third kappa shape index (κ3) is 3.32. The van der Waals surface area contributed by atoms with Gasteiger partial charge in [0.25, 0.3) is 0 Å². The monoisotopic (exact) mass is 321 g/mol. The molecule has 5 nitrogen and oxygen atoms in total. The van der Waals surface area contributed by atoms with Crippen LogP contribution in [0.3, 0.4) is 0 Å². The first-order chi connectivity index (χ1) is 11.0. The number of piperidine rings is 1. The number of aliphatic carboxylic acids is 1. The predicted octanol–water partition coefficient (Wildman–Crippen LogP) is 2.38. The van der Waals surface area contributed by atoms with Crippen molar-refractivity contribution in [1.82, 2.24) is 9.88 Å². The zero-order valence-corrected chi connectivity index (χ0v) is 13.5. The van der Waals surface area contributed by atoms with Gasteiger partial charge in [-0.3, -0.25) is 9.69 Å². The van der Waals surface area contributed by atoms with Gasteiger partial charge in [0, 0.05) is 19.6 Å². The molecule has 23 heavy (non-hydrogen) atoms. The molecule has 0 bridgehead atoms. The molecular weight excluding hydrogens is 297 g/mol. The van der Waals surface area contributed by atoms with Gasteiger partial charge in [0.1, 0.15) is 17.7 Å². The van der Waals surface area contributed by atoms with Crippen LogP contribution >= 0.6 is 0 Å². The van der Waals surface area contributed by atoms with Crippen LogP contribution in [0.1, 0.15) is 32.6 Å². The average Bonchev–Trinajstić information content (AvgIpc) is 2.88. The second-order valence-electron chi connectivity index (χ2n) is 6.85. The smallest absolute Gasteiger partial charge is 0.320 e. The van der Waals surface area contributed by atoms with Gasteiger partial charge < -0.3 is 10.0 Å². The minimum atomic E-state index is -0.696. The number of hydrogen-bond acceptors (Lipinski definition) is 4. The Morgan fingerprint density at radius 2 is 2.17 bits per heavy atom. The van der Waals surface area contributed by atoms with E-state index in [1.54, 1.807) is 6.07 Å². The third-order valence-electron chi connectivity index (χ3n) is 5.26. The molecule has 1 atom stereocenters. The molecule has 0 aliphatic carbocycles. The summed E-state index contributed by atoms with van der Waals surface area (Å²) in [6.45, 7) is 5.52. The van der Waals surface area contributed by atoms with Crippen molar-refractivity contribution < 1.29 is 14.3 Å². The molecular formula is C17H24FN3O2. The summed E-state index contributed by atoms with van der Waals surface area (Å²) in [4.78, 5) is 20.0. The van der Waals surface area contributed by atoms with Crippen molar-refractivity contribution in [3.05, 3.63) is 24.1 Å². The zero-order valence-electron chi connectivity index (χ0n) is 13.5. The van der Waals surface area contributed by atoms with E-state index in [1.807, 2.05) is 0 Å². The Morgan fingerprint density at radius 1 is 1.43 bits per heavy atom. The molecule has 2 aliphatic heterocycles. The summed E-state index contributed by atoms with van der Waals surface area (Å²) in [7, 11) is 0.